The number of ether oxygens (including phenoxy) is 1. The van der Waals surface area contributed by atoms with Crippen molar-refractivity contribution in [3.05, 3.63) is 65.7 Å². The van der Waals surface area contributed by atoms with E-state index in [4.69, 9.17) is 4.74 Å². The Morgan fingerprint density at radius 1 is 1.09 bits per heavy atom. The van der Waals surface area contributed by atoms with Gasteiger partial charge >= 0.3 is 6.01 Å². The van der Waals surface area contributed by atoms with Crippen molar-refractivity contribution in [2.75, 3.05) is 25.0 Å². The third-order valence-electron chi connectivity index (χ3n) is 7.39. The van der Waals surface area contributed by atoms with E-state index in [0.717, 1.165) is 48.1 Å². The molecule has 35 heavy (non-hydrogen) atoms. The van der Waals surface area contributed by atoms with Gasteiger partial charge in [-0.3, -0.25) is 14.6 Å². The van der Waals surface area contributed by atoms with E-state index < -0.39 is 0 Å². The smallest absolute Gasteiger partial charge is 0.316 e. The van der Waals surface area contributed by atoms with Crippen molar-refractivity contribution < 1.29 is 14.3 Å². The molecular formula is C27H27N5O3. The number of benzene rings is 1. The molecule has 2 amide bonds. The van der Waals surface area contributed by atoms with Gasteiger partial charge in [0.15, 0.2) is 0 Å². The lowest BCUT2D eigenvalue weighted by Gasteiger charge is -2.41. The lowest BCUT2D eigenvalue weighted by Crippen LogP contribution is -2.57. The number of pyridine rings is 1. The average Bonchev–Trinajstić information content (AvgIpc) is 2.87. The van der Waals surface area contributed by atoms with Gasteiger partial charge in [-0.05, 0) is 66.1 Å². The molecule has 1 atom stereocenters. The van der Waals surface area contributed by atoms with Crippen LogP contribution in [0.5, 0.6) is 6.01 Å². The van der Waals surface area contributed by atoms with Gasteiger partial charge in [-0.1, -0.05) is 6.07 Å². The van der Waals surface area contributed by atoms with Gasteiger partial charge in [0, 0.05) is 49.5 Å². The van der Waals surface area contributed by atoms with Gasteiger partial charge in [0.1, 0.15) is 6.10 Å². The Morgan fingerprint density at radius 3 is 2.74 bits per heavy atom. The van der Waals surface area contributed by atoms with Gasteiger partial charge in [0.2, 0.25) is 11.8 Å². The van der Waals surface area contributed by atoms with E-state index in [1.54, 1.807) is 23.4 Å². The van der Waals surface area contributed by atoms with Crippen LogP contribution in [0.1, 0.15) is 41.9 Å². The molecule has 0 spiro atoms. The first kappa shape index (κ1) is 21.7. The van der Waals surface area contributed by atoms with Crippen LogP contribution in [0, 0.1) is 0 Å². The molecule has 1 aliphatic carbocycles. The molecule has 1 saturated heterocycles. The number of rotatable bonds is 4. The maximum atomic E-state index is 13.4. The van der Waals surface area contributed by atoms with Crippen LogP contribution in [0.15, 0.2) is 49.1 Å². The molecule has 1 fully saturated rings. The first-order valence-corrected chi connectivity index (χ1v) is 12.2. The molecule has 8 nitrogen and oxygen atoms in total. The molecule has 4 heterocycles. The quantitative estimate of drug-likeness (QED) is 0.583. The van der Waals surface area contributed by atoms with Crippen molar-refractivity contribution in [2.45, 2.75) is 44.1 Å². The fraction of sp³-hybridized carbons (Fsp3) is 0.370. The van der Waals surface area contributed by atoms with Gasteiger partial charge < -0.3 is 14.5 Å². The summed E-state index contributed by atoms with van der Waals surface area (Å²) in [6, 6.07) is 8.38. The van der Waals surface area contributed by atoms with E-state index in [0.29, 0.717) is 25.5 Å². The summed E-state index contributed by atoms with van der Waals surface area (Å²) in [5.41, 5.74) is 6.61. The number of aryl methyl sites for hydroxylation is 1. The molecule has 3 aromatic rings. The van der Waals surface area contributed by atoms with Gasteiger partial charge in [-0.15, -0.1) is 0 Å². The molecule has 0 N–H and O–H groups in total. The van der Waals surface area contributed by atoms with E-state index in [-0.39, 0.29) is 23.8 Å². The summed E-state index contributed by atoms with van der Waals surface area (Å²) >= 11 is 0. The third kappa shape index (κ3) is 3.92. The number of nitrogens with zero attached hydrogens (tertiary/aromatic N) is 5. The molecule has 6 rings (SSSR count). The monoisotopic (exact) mass is 469 g/mol. The van der Waals surface area contributed by atoms with Gasteiger partial charge in [-0.25, -0.2) is 9.97 Å². The Morgan fingerprint density at radius 2 is 1.91 bits per heavy atom. The first-order chi connectivity index (χ1) is 17.1. The third-order valence-corrected chi connectivity index (χ3v) is 7.39. The standard InChI is InChI=1S/C27H27N5O3/c1-31-24-8-6-17(12-18(24)7-9-25(31)33)22-13-28-14-23-20(22)4-2-5-21(23)26(34)32-15-19(16-32)35-27-29-10-3-11-30-27/h3,6,8,10-14,19,21H,2,4-5,7,9,15-16H2,1H3. The Hall–Kier alpha value is -3.81. The summed E-state index contributed by atoms with van der Waals surface area (Å²) in [5.74, 6) is 0.117. The van der Waals surface area contributed by atoms with Gasteiger partial charge in [0.05, 0.1) is 19.0 Å². The Kier molecular flexibility index (Phi) is 5.43. The van der Waals surface area contributed by atoms with Crippen LogP contribution in [0.4, 0.5) is 5.69 Å². The van der Waals surface area contributed by atoms with E-state index in [9.17, 15) is 9.59 Å². The van der Waals surface area contributed by atoms with E-state index in [1.165, 1.54) is 11.1 Å². The molecule has 0 radical (unpaired) electrons. The van der Waals surface area contributed by atoms with Crippen molar-refractivity contribution in [3.8, 4) is 17.1 Å². The van der Waals surface area contributed by atoms with Crippen molar-refractivity contribution >= 4 is 17.5 Å². The normalized spacial score (nSPS) is 19.6. The molecule has 8 heteroatoms. The minimum absolute atomic E-state index is 0.0746. The molecule has 178 valence electrons. The summed E-state index contributed by atoms with van der Waals surface area (Å²) < 4.78 is 5.77. The highest BCUT2D eigenvalue weighted by molar-refractivity contribution is 5.96. The average molecular weight is 470 g/mol. The van der Waals surface area contributed by atoms with E-state index >= 15 is 0 Å². The predicted octanol–water partition coefficient (Wildman–Crippen LogP) is 3.16. The van der Waals surface area contributed by atoms with Crippen molar-refractivity contribution in [1.82, 2.24) is 19.9 Å². The summed E-state index contributed by atoms with van der Waals surface area (Å²) in [6.07, 6.45) is 11.0. The van der Waals surface area contributed by atoms with Crippen LogP contribution < -0.4 is 9.64 Å². The fourth-order valence-corrected chi connectivity index (χ4v) is 5.46. The molecule has 1 unspecified atom stereocenters. The zero-order valence-corrected chi connectivity index (χ0v) is 19.7. The SMILES string of the molecule is CN1C(=O)CCc2cc(-c3cncc4c3CCCC4C(=O)N3CC(Oc4ncccn4)C3)ccc21. The van der Waals surface area contributed by atoms with Crippen LogP contribution >= 0.6 is 0 Å². The number of hydrogen-bond donors (Lipinski definition) is 0. The molecule has 0 saturated carbocycles. The number of fused-ring (bicyclic) bond motifs is 2. The predicted molar refractivity (Wildman–Crippen MR) is 130 cm³/mol. The van der Waals surface area contributed by atoms with Crippen LogP contribution in [-0.2, 0) is 22.4 Å². The second-order valence-electron chi connectivity index (χ2n) is 9.51. The Balaban J connectivity index is 1.22. The van der Waals surface area contributed by atoms with E-state index in [1.807, 2.05) is 30.4 Å². The number of carbonyl (C=O) groups excluding carboxylic acids is 2. The first-order valence-electron chi connectivity index (χ1n) is 12.2. The molecule has 1 aromatic carbocycles. The summed E-state index contributed by atoms with van der Waals surface area (Å²) in [5, 5.41) is 0. The van der Waals surface area contributed by atoms with Crippen LogP contribution in [0.2, 0.25) is 0 Å². The zero-order valence-electron chi connectivity index (χ0n) is 19.7. The number of carbonyl (C=O) groups is 2. The molecule has 2 aliphatic heterocycles. The van der Waals surface area contributed by atoms with Crippen molar-refractivity contribution in [1.29, 1.82) is 0 Å². The number of aromatic nitrogens is 3. The minimum Gasteiger partial charge on any atom is -0.456 e. The molecule has 0 bridgehead atoms. The fourth-order valence-electron chi connectivity index (χ4n) is 5.46. The highest BCUT2D eigenvalue weighted by atomic mass is 16.5. The second-order valence-corrected chi connectivity index (χ2v) is 9.51. The highest BCUT2D eigenvalue weighted by Gasteiger charge is 2.38. The maximum Gasteiger partial charge on any atom is 0.316 e. The number of amides is 2. The van der Waals surface area contributed by atoms with E-state index in [2.05, 4.69) is 27.1 Å². The van der Waals surface area contributed by atoms with Gasteiger partial charge in [0.25, 0.3) is 0 Å². The summed E-state index contributed by atoms with van der Waals surface area (Å²) in [7, 11) is 1.83. The minimum atomic E-state index is -0.179. The van der Waals surface area contributed by atoms with Crippen molar-refractivity contribution in [2.24, 2.45) is 0 Å². The van der Waals surface area contributed by atoms with Crippen molar-refractivity contribution in [3.63, 3.8) is 0 Å². The Labute approximate surface area is 204 Å². The van der Waals surface area contributed by atoms with Gasteiger partial charge in [-0.2, -0.15) is 0 Å². The molecule has 2 aromatic heterocycles. The largest absolute Gasteiger partial charge is 0.456 e. The lowest BCUT2D eigenvalue weighted by atomic mass is 9.79. The lowest BCUT2D eigenvalue weighted by molar-refractivity contribution is -0.142. The summed E-state index contributed by atoms with van der Waals surface area (Å²) in [6.45, 7) is 1.10. The molecule has 3 aliphatic rings. The summed E-state index contributed by atoms with van der Waals surface area (Å²) in [4.78, 5) is 41.8. The van der Waals surface area contributed by atoms with Crippen LogP contribution in [0.3, 0.4) is 0 Å². The second kappa shape index (κ2) is 8.76. The Bertz CT molecular complexity index is 1290. The zero-order chi connectivity index (χ0) is 23.9. The topological polar surface area (TPSA) is 88.5 Å². The number of anilines is 1. The maximum absolute atomic E-state index is 13.4. The number of likely N-dealkylation sites (tertiary alicyclic amines) is 1. The highest BCUT2D eigenvalue weighted by Crippen LogP contribution is 2.40. The number of hydrogen-bond acceptors (Lipinski definition) is 6. The van der Waals surface area contributed by atoms with Crippen LogP contribution in [0.25, 0.3) is 11.1 Å². The van der Waals surface area contributed by atoms with Crippen LogP contribution in [-0.4, -0.2) is 57.9 Å². The molecular weight excluding hydrogens is 442 g/mol.